The molecule has 0 fully saturated rings. The van der Waals surface area contributed by atoms with Gasteiger partial charge in [0.15, 0.2) is 5.65 Å². The van der Waals surface area contributed by atoms with Gasteiger partial charge < -0.3 is 0 Å². The lowest BCUT2D eigenvalue weighted by atomic mass is 10.1. The Hall–Kier alpha value is -2.74. The van der Waals surface area contributed by atoms with Crippen LogP contribution in [0.25, 0.3) is 11.2 Å². The first-order chi connectivity index (χ1) is 10.6. The van der Waals surface area contributed by atoms with Crippen molar-refractivity contribution in [3.8, 4) is 0 Å². The molecule has 0 atom stereocenters. The fourth-order valence-electron chi connectivity index (χ4n) is 2.64. The maximum atomic E-state index is 11.0. The number of anilines is 1. The van der Waals surface area contributed by atoms with Crippen LogP contribution in [0.5, 0.6) is 0 Å². The molecule has 4 rings (SSSR count). The van der Waals surface area contributed by atoms with Crippen molar-refractivity contribution in [1.29, 1.82) is 0 Å². The summed E-state index contributed by atoms with van der Waals surface area (Å²) in [5, 5.41) is 13.0. The molecule has 3 aromatic rings. The van der Waals surface area contributed by atoms with Gasteiger partial charge in [-0.05, 0) is 23.6 Å². The molecule has 1 aliphatic rings. The van der Waals surface area contributed by atoms with Gasteiger partial charge in [0, 0.05) is 18.7 Å². The SMILES string of the molecule is O=[N+]([O-])c1ccc2c(c1)N(n1cnc3cnc(Cl)nc31)CC2. The van der Waals surface area contributed by atoms with Crippen LogP contribution in [0, 0.1) is 10.1 Å². The van der Waals surface area contributed by atoms with Crippen molar-refractivity contribution >= 4 is 34.1 Å². The van der Waals surface area contributed by atoms with Crippen molar-refractivity contribution < 1.29 is 4.92 Å². The standard InChI is InChI=1S/C13H9ClN6O2/c14-13-15-6-10-12(17-13)19(7-16-10)18-4-3-8-1-2-9(20(21)22)5-11(8)18/h1-2,5-7H,3-4H2. The topological polar surface area (TPSA) is 90.0 Å². The summed E-state index contributed by atoms with van der Waals surface area (Å²) >= 11 is 5.85. The third kappa shape index (κ3) is 1.88. The average molecular weight is 317 g/mol. The van der Waals surface area contributed by atoms with Crippen LogP contribution in [0.15, 0.2) is 30.7 Å². The Morgan fingerprint density at radius 1 is 1.32 bits per heavy atom. The van der Waals surface area contributed by atoms with Gasteiger partial charge in [-0.25, -0.2) is 14.6 Å². The normalized spacial score (nSPS) is 13.6. The van der Waals surface area contributed by atoms with Gasteiger partial charge >= 0.3 is 0 Å². The lowest BCUT2D eigenvalue weighted by Gasteiger charge is -2.20. The summed E-state index contributed by atoms with van der Waals surface area (Å²) < 4.78 is 1.75. The van der Waals surface area contributed by atoms with Gasteiger partial charge in [0.05, 0.1) is 16.8 Å². The molecule has 0 aliphatic carbocycles. The highest BCUT2D eigenvalue weighted by Crippen LogP contribution is 2.32. The van der Waals surface area contributed by atoms with E-state index in [-0.39, 0.29) is 11.0 Å². The van der Waals surface area contributed by atoms with Crippen molar-refractivity contribution in [3.63, 3.8) is 0 Å². The number of nitro groups is 1. The first kappa shape index (κ1) is 13.0. The Morgan fingerprint density at radius 2 is 2.18 bits per heavy atom. The molecule has 110 valence electrons. The largest absolute Gasteiger partial charge is 0.278 e. The van der Waals surface area contributed by atoms with Gasteiger partial charge in [0.1, 0.15) is 11.8 Å². The Labute approximate surface area is 129 Å². The number of fused-ring (bicyclic) bond motifs is 2. The van der Waals surface area contributed by atoms with E-state index >= 15 is 0 Å². The summed E-state index contributed by atoms with van der Waals surface area (Å²) in [6, 6.07) is 4.87. The molecule has 3 heterocycles. The summed E-state index contributed by atoms with van der Waals surface area (Å²) in [4.78, 5) is 22.9. The minimum atomic E-state index is -0.401. The number of hydrogen-bond donors (Lipinski definition) is 0. The van der Waals surface area contributed by atoms with E-state index in [0.29, 0.717) is 17.7 Å². The van der Waals surface area contributed by atoms with Crippen LogP contribution < -0.4 is 5.01 Å². The molecule has 0 bridgehead atoms. The minimum absolute atomic E-state index is 0.0581. The second-order valence-electron chi connectivity index (χ2n) is 4.88. The smallest absolute Gasteiger partial charge is 0.271 e. The third-order valence-electron chi connectivity index (χ3n) is 3.65. The third-order valence-corrected chi connectivity index (χ3v) is 3.84. The maximum Gasteiger partial charge on any atom is 0.271 e. The molecule has 9 heteroatoms. The number of halogens is 1. The summed E-state index contributed by atoms with van der Waals surface area (Å²) in [6.07, 6.45) is 3.96. The van der Waals surface area contributed by atoms with Gasteiger partial charge in [0.25, 0.3) is 5.69 Å². The average Bonchev–Trinajstić information content (AvgIpc) is 3.09. The van der Waals surface area contributed by atoms with Gasteiger partial charge in [-0.3, -0.25) is 15.1 Å². The molecular formula is C13H9ClN6O2. The van der Waals surface area contributed by atoms with E-state index in [1.54, 1.807) is 29.3 Å². The fraction of sp³-hybridized carbons (Fsp3) is 0.154. The molecular weight excluding hydrogens is 308 g/mol. The van der Waals surface area contributed by atoms with Crippen LogP contribution in [-0.4, -0.2) is 31.1 Å². The van der Waals surface area contributed by atoms with E-state index in [0.717, 1.165) is 17.7 Å². The van der Waals surface area contributed by atoms with Gasteiger partial charge in [0.2, 0.25) is 5.28 Å². The predicted molar refractivity (Wildman–Crippen MR) is 79.9 cm³/mol. The van der Waals surface area contributed by atoms with Crippen LogP contribution in [0.2, 0.25) is 5.28 Å². The molecule has 0 amide bonds. The van der Waals surface area contributed by atoms with E-state index in [9.17, 15) is 10.1 Å². The monoisotopic (exact) mass is 316 g/mol. The Morgan fingerprint density at radius 3 is 3.00 bits per heavy atom. The lowest BCUT2D eigenvalue weighted by molar-refractivity contribution is -0.384. The molecule has 0 spiro atoms. The van der Waals surface area contributed by atoms with Crippen LogP contribution >= 0.6 is 11.6 Å². The molecule has 0 unspecified atom stereocenters. The van der Waals surface area contributed by atoms with Gasteiger partial charge in [-0.15, -0.1) is 0 Å². The van der Waals surface area contributed by atoms with Crippen LogP contribution in [0.3, 0.4) is 0 Å². The Kier molecular flexibility index (Phi) is 2.73. The summed E-state index contributed by atoms with van der Waals surface area (Å²) in [5.41, 5.74) is 3.07. The predicted octanol–water partition coefficient (Wildman–Crippen LogP) is 2.21. The van der Waals surface area contributed by atoms with E-state index in [4.69, 9.17) is 11.6 Å². The van der Waals surface area contributed by atoms with Crippen LogP contribution in [0.1, 0.15) is 5.56 Å². The number of imidazole rings is 1. The minimum Gasteiger partial charge on any atom is -0.278 e. The summed E-state index contributed by atoms with van der Waals surface area (Å²) in [7, 11) is 0. The van der Waals surface area contributed by atoms with Crippen LogP contribution in [-0.2, 0) is 6.42 Å². The number of rotatable bonds is 2. The second-order valence-corrected chi connectivity index (χ2v) is 5.22. The highest BCUT2D eigenvalue weighted by Gasteiger charge is 2.25. The molecule has 0 saturated carbocycles. The van der Waals surface area contributed by atoms with Gasteiger partial charge in [-0.1, -0.05) is 6.07 Å². The molecule has 0 N–H and O–H groups in total. The number of nitrogens with zero attached hydrogens (tertiary/aromatic N) is 6. The van der Waals surface area contributed by atoms with Crippen molar-refractivity contribution in [3.05, 3.63) is 51.7 Å². The number of aromatic nitrogens is 4. The van der Waals surface area contributed by atoms with Crippen molar-refractivity contribution in [1.82, 2.24) is 19.6 Å². The Balaban J connectivity index is 1.87. The van der Waals surface area contributed by atoms with Crippen molar-refractivity contribution in [2.45, 2.75) is 6.42 Å². The maximum absolute atomic E-state index is 11.0. The number of benzene rings is 1. The van der Waals surface area contributed by atoms with Crippen LogP contribution in [0.4, 0.5) is 11.4 Å². The zero-order valence-electron chi connectivity index (χ0n) is 11.2. The quantitative estimate of drug-likeness (QED) is 0.409. The summed E-state index contributed by atoms with van der Waals surface area (Å²) in [6.45, 7) is 0.684. The fourth-order valence-corrected chi connectivity index (χ4v) is 2.77. The number of hydrogen-bond acceptors (Lipinski definition) is 6. The lowest BCUT2D eigenvalue weighted by Crippen LogP contribution is -2.26. The Bertz CT molecular complexity index is 909. The van der Waals surface area contributed by atoms with E-state index in [2.05, 4.69) is 15.0 Å². The number of nitro benzene ring substituents is 1. The zero-order chi connectivity index (χ0) is 15.3. The van der Waals surface area contributed by atoms with Crippen molar-refractivity contribution in [2.75, 3.05) is 11.6 Å². The highest BCUT2D eigenvalue weighted by atomic mass is 35.5. The molecule has 0 radical (unpaired) electrons. The highest BCUT2D eigenvalue weighted by molar-refractivity contribution is 6.28. The first-order valence-electron chi connectivity index (χ1n) is 6.54. The van der Waals surface area contributed by atoms with Gasteiger partial charge in [-0.2, -0.15) is 4.98 Å². The molecule has 0 saturated heterocycles. The second kappa shape index (κ2) is 4.63. The van der Waals surface area contributed by atoms with E-state index in [1.807, 2.05) is 5.01 Å². The molecule has 1 aliphatic heterocycles. The molecule has 1 aromatic carbocycles. The zero-order valence-corrected chi connectivity index (χ0v) is 11.9. The molecule has 2 aromatic heterocycles. The molecule has 22 heavy (non-hydrogen) atoms. The first-order valence-corrected chi connectivity index (χ1v) is 6.92. The van der Waals surface area contributed by atoms with Crippen molar-refractivity contribution in [2.24, 2.45) is 0 Å². The molecule has 8 nitrogen and oxygen atoms in total. The number of non-ortho nitro benzene ring substituents is 1. The summed E-state index contributed by atoms with van der Waals surface area (Å²) in [5.74, 6) is 0. The van der Waals surface area contributed by atoms with E-state index < -0.39 is 4.92 Å². The van der Waals surface area contributed by atoms with E-state index in [1.165, 1.54) is 6.07 Å².